The van der Waals surface area contributed by atoms with Crippen molar-refractivity contribution in [3.05, 3.63) is 65.5 Å². The van der Waals surface area contributed by atoms with Gasteiger partial charge in [-0.25, -0.2) is 4.39 Å². The van der Waals surface area contributed by atoms with E-state index < -0.39 is 17.6 Å². The van der Waals surface area contributed by atoms with Gasteiger partial charge in [0, 0.05) is 10.6 Å². The smallest absolute Gasteiger partial charge is 0.206 e. The minimum atomic E-state index is -4.51. The first kappa shape index (κ1) is 13.9. The Bertz CT molecular complexity index is 549. The van der Waals surface area contributed by atoms with Gasteiger partial charge < -0.3 is 0 Å². The summed E-state index contributed by atoms with van der Waals surface area (Å²) in [5.74, 6) is -0.320. The molecule has 2 aromatic carbocycles. The van der Waals surface area contributed by atoms with Gasteiger partial charge in [0.1, 0.15) is 5.82 Å². The Labute approximate surface area is 112 Å². The van der Waals surface area contributed by atoms with E-state index >= 15 is 0 Å². The largest absolute Gasteiger partial charge is 0.416 e. The van der Waals surface area contributed by atoms with Crippen LogP contribution < -0.4 is 0 Å². The molecule has 0 unspecified atom stereocenters. The topological polar surface area (TPSA) is 0 Å². The van der Waals surface area contributed by atoms with Crippen LogP contribution in [0.1, 0.15) is 11.1 Å². The number of halogens is 4. The summed E-state index contributed by atoms with van der Waals surface area (Å²) in [6, 6.07) is 12.0. The van der Waals surface area contributed by atoms with Gasteiger partial charge in [-0.3, -0.25) is 0 Å². The quantitative estimate of drug-likeness (QED) is 0.556. The number of hydrogen-bond acceptors (Lipinski definition) is 1. The lowest BCUT2D eigenvalue weighted by Gasteiger charge is -2.09. The van der Waals surface area contributed by atoms with Gasteiger partial charge in [0.2, 0.25) is 0 Å². The zero-order valence-corrected chi connectivity index (χ0v) is 10.6. The monoisotopic (exact) mass is 286 g/mol. The molecule has 0 heterocycles. The van der Waals surface area contributed by atoms with Crippen molar-refractivity contribution in [2.24, 2.45) is 0 Å². The number of rotatable bonds is 3. The summed E-state index contributed by atoms with van der Waals surface area (Å²) in [6.45, 7) is 0. The second-order valence-corrected chi connectivity index (χ2v) is 4.93. The van der Waals surface area contributed by atoms with Crippen molar-refractivity contribution >= 4 is 11.8 Å². The van der Waals surface area contributed by atoms with Crippen molar-refractivity contribution in [3.63, 3.8) is 0 Å². The minimum Gasteiger partial charge on any atom is -0.206 e. The average Bonchev–Trinajstić information content (AvgIpc) is 2.37. The van der Waals surface area contributed by atoms with E-state index in [1.165, 1.54) is 17.8 Å². The molecule has 0 saturated heterocycles. The molecule has 0 nitrogen and oxygen atoms in total. The van der Waals surface area contributed by atoms with E-state index in [0.29, 0.717) is 11.8 Å². The SMILES string of the molecule is Fc1cc(C(F)(F)F)ccc1SCc1ccccc1. The number of benzene rings is 2. The molecule has 5 heteroatoms. The van der Waals surface area contributed by atoms with E-state index in [9.17, 15) is 17.6 Å². The van der Waals surface area contributed by atoms with Crippen LogP contribution in [-0.4, -0.2) is 0 Å². The fourth-order valence-corrected chi connectivity index (χ4v) is 2.41. The molecule has 0 aliphatic carbocycles. The van der Waals surface area contributed by atoms with Gasteiger partial charge in [-0.2, -0.15) is 13.2 Å². The molecule has 0 aliphatic heterocycles. The zero-order valence-electron chi connectivity index (χ0n) is 9.75. The van der Waals surface area contributed by atoms with Gasteiger partial charge in [-0.1, -0.05) is 30.3 Å². The second kappa shape index (κ2) is 5.65. The van der Waals surface area contributed by atoms with Gasteiger partial charge in [0.25, 0.3) is 0 Å². The second-order valence-electron chi connectivity index (χ2n) is 3.92. The summed E-state index contributed by atoms with van der Waals surface area (Å²) in [5, 5.41) is 0. The highest BCUT2D eigenvalue weighted by Crippen LogP contribution is 2.33. The molecule has 0 aliphatic rings. The third kappa shape index (κ3) is 3.73. The minimum absolute atomic E-state index is 0.219. The van der Waals surface area contributed by atoms with Crippen LogP contribution in [0.25, 0.3) is 0 Å². The summed E-state index contributed by atoms with van der Waals surface area (Å²) in [5.41, 5.74) is 0.0286. The van der Waals surface area contributed by atoms with Gasteiger partial charge in [0.15, 0.2) is 0 Å². The van der Waals surface area contributed by atoms with Crippen molar-refractivity contribution in [3.8, 4) is 0 Å². The number of hydrogen-bond donors (Lipinski definition) is 0. The van der Waals surface area contributed by atoms with Gasteiger partial charge in [0.05, 0.1) is 5.56 Å². The Morgan fingerprint density at radius 2 is 1.63 bits per heavy atom. The molecule has 100 valence electrons. The molecule has 0 aromatic heterocycles. The lowest BCUT2D eigenvalue weighted by molar-refractivity contribution is -0.137. The maximum absolute atomic E-state index is 13.6. The molecule has 0 fully saturated rings. The van der Waals surface area contributed by atoms with Crippen LogP contribution >= 0.6 is 11.8 Å². The molecule has 2 rings (SSSR count). The molecular weight excluding hydrogens is 276 g/mol. The van der Waals surface area contributed by atoms with Crippen LogP contribution in [-0.2, 0) is 11.9 Å². The number of thioether (sulfide) groups is 1. The lowest BCUT2D eigenvalue weighted by Crippen LogP contribution is -2.05. The van der Waals surface area contributed by atoms with Crippen LogP contribution in [0.15, 0.2) is 53.4 Å². The Morgan fingerprint density at radius 1 is 0.947 bits per heavy atom. The summed E-state index contributed by atoms with van der Waals surface area (Å²) >= 11 is 1.18. The van der Waals surface area contributed by atoms with Crippen molar-refractivity contribution in [2.75, 3.05) is 0 Å². The van der Waals surface area contributed by atoms with Crippen LogP contribution in [0.3, 0.4) is 0 Å². The average molecular weight is 286 g/mol. The molecule has 0 spiro atoms. The van der Waals surface area contributed by atoms with Gasteiger partial charge in [-0.05, 0) is 23.8 Å². The lowest BCUT2D eigenvalue weighted by atomic mass is 10.2. The third-order valence-electron chi connectivity index (χ3n) is 2.50. The first-order valence-electron chi connectivity index (χ1n) is 5.50. The van der Waals surface area contributed by atoms with E-state index in [4.69, 9.17) is 0 Å². The summed E-state index contributed by atoms with van der Waals surface area (Å²) < 4.78 is 50.7. The van der Waals surface area contributed by atoms with Crippen molar-refractivity contribution in [2.45, 2.75) is 16.8 Å². The van der Waals surface area contributed by atoms with E-state index in [0.717, 1.165) is 11.6 Å². The van der Waals surface area contributed by atoms with E-state index in [-0.39, 0.29) is 4.90 Å². The van der Waals surface area contributed by atoms with Crippen LogP contribution in [0, 0.1) is 5.82 Å². The highest BCUT2D eigenvalue weighted by atomic mass is 32.2. The van der Waals surface area contributed by atoms with Crippen molar-refractivity contribution < 1.29 is 17.6 Å². The molecule has 0 amide bonds. The summed E-state index contributed by atoms with van der Waals surface area (Å²) in [4.78, 5) is 0.219. The fraction of sp³-hybridized carbons (Fsp3) is 0.143. The van der Waals surface area contributed by atoms with E-state index in [1.54, 1.807) is 0 Å². The highest BCUT2D eigenvalue weighted by molar-refractivity contribution is 7.98. The normalized spacial score (nSPS) is 11.6. The third-order valence-corrected chi connectivity index (χ3v) is 3.62. The predicted octanol–water partition coefficient (Wildman–Crippen LogP) is 5.14. The molecule has 0 atom stereocenters. The van der Waals surface area contributed by atoms with Gasteiger partial charge >= 0.3 is 6.18 Å². The fourth-order valence-electron chi connectivity index (χ4n) is 1.53. The molecule has 19 heavy (non-hydrogen) atoms. The molecule has 0 saturated carbocycles. The first-order chi connectivity index (χ1) is 8.97. The van der Waals surface area contributed by atoms with Crippen molar-refractivity contribution in [1.29, 1.82) is 0 Å². The van der Waals surface area contributed by atoms with E-state index in [1.807, 2.05) is 30.3 Å². The highest BCUT2D eigenvalue weighted by Gasteiger charge is 2.31. The number of alkyl halides is 3. The summed E-state index contributed by atoms with van der Waals surface area (Å²) in [6.07, 6.45) is -4.51. The Balaban J connectivity index is 2.10. The predicted molar refractivity (Wildman–Crippen MR) is 67.4 cm³/mol. The van der Waals surface area contributed by atoms with Crippen LogP contribution in [0.4, 0.5) is 17.6 Å². The van der Waals surface area contributed by atoms with Crippen molar-refractivity contribution in [1.82, 2.24) is 0 Å². The maximum Gasteiger partial charge on any atom is 0.416 e. The zero-order chi connectivity index (χ0) is 13.9. The first-order valence-corrected chi connectivity index (χ1v) is 6.49. The Morgan fingerprint density at radius 3 is 2.21 bits per heavy atom. The molecule has 2 aromatic rings. The standard InChI is InChI=1S/C14H10F4S/c15-12-8-11(14(16,17)18)6-7-13(12)19-9-10-4-2-1-3-5-10/h1-8H,9H2. The molecular formula is C14H10F4S. The molecule has 0 bridgehead atoms. The van der Waals surface area contributed by atoms with E-state index in [2.05, 4.69) is 0 Å². The molecule has 0 N–H and O–H groups in total. The Hall–Kier alpha value is -1.49. The summed E-state index contributed by atoms with van der Waals surface area (Å²) in [7, 11) is 0. The van der Waals surface area contributed by atoms with Gasteiger partial charge in [-0.15, -0.1) is 11.8 Å². The van der Waals surface area contributed by atoms with Crippen LogP contribution in [0.5, 0.6) is 0 Å². The molecule has 0 radical (unpaired) electrons. The van der Waals surface area contributed by atoms with Crippen LogP contribution in [0.2, 0.25) is 0 Å². The Kier molecular flexibility index (Phi) is 4.14. The maximum atomic E-state index is 13.6.